The summed E-state index contributed by atoms with van der Waals surface area (Å²) in [5.41, 5.74) is 3.31. The highest BCUT2D eigenvalue weighted by molar-refractivity contribution is 6.43. The van der Waals surface area contributed by atoms with Crippen LogP contribution in [0.2, 0.25) is 0 Å². The summed E-state index contributed by atoms with van der Waals surface area (Å²) < 4.78 is 11.6. The second-order valence-corrected chi connectivity index (χ2v) is 8.38. The maximum Gasteiger partial charge on any atom is 0.300 e. The van der Waals surface area contributed by atoms with Gasteiger partial charge in [-0.25, -0.2) is 0 Å². The zero-order valence-electron chi connectivity index (χ0n) is 19.6. The summed E-state index contributed by atoms with van der Waals surface area (Å²) in [5.74, 6) is 0.197. The van der Waals surface area contributed by atoms with Gasteiger partial charge >= 0.3 is 0 Å². The average Bonchev–Trinajstić information content (AvgIpc) is 3.23. The van der Waals surface area contributed by atoms with Crippen LogP contribution in [-0.2, 0) is 9.59 Å². The number of ether oxygens (including phenoxy) is 1. The van der Waals surface area contributed by atoms with Crippen molar-refractivity contribution in [3.8, 4) is 5.75 Å². The van der Waals surface area contributed by atoms with Gasteiger partial charge in [0.15, 0.2) is 5.58 Å². The van der Waals surface area contributed by atoms with Crippen LogP contribution in [0.15, 0.2) is 57.6 Å². The van der Waals surface area contributed by atoms with E-state index >= 15 is 0 Å². The first-order valence-electron chi connectivity index (χ1n) is 10.6. The van der Waals surface area contributed by atoms with Crippen LogP contribution in [0.4, 0.5) is 17.4 Å². The SMILES string of the molecule is CN=C(C=C(C)Oc1ccc2oc(Nc3cc(NC(=O)CCl)cc(C(C)Cl)c3)nc2c1)C(=O)NC. The number of fused-ring (bicyclic) bond motifs is 1. The molecule has 0 spiro atoms. The number of hydrogen-bond donors (Lipinski definition) is 3. The van der Waals surface area contributed by atoms with Gasteiger partial charge in [0.2, 0.25) is 5.91 Å². The van der Waals surface area contributed by atoms with E-state index < -0.39 is 0 Å². The monoisotopic (exact) mass is 517 g/mol. The molecular formula is C24H25Cl2N5O4. The van der Waals surface area contributed by atoms with Crippen molar-refractivity contribution in [2.45, 2.75) is 19.2 Å². The molecule has 2 amide bonds. The first-order chi connectivity index (χ1) is 16.7. The molecule has 0 radical (unpaired) electrons. The van der Waals surface area contributed by atoms with Gasteiger partial charge in [-0.1, -0.05) is 0 Å². The lowest BCUT2D eigenvalue weighted by molar-refractivity contribution is -0.114. The van der Waals surface area contributed by atoms with Crippen molar-refractivity contribution < 1.29 is 18.7 Å². The van der Waals surface area contributed by atoms with E-state index in [1.54, 1.807) is 43.3 Å². The second kappa shape index (κ2) is 11.7. The Bertz CT molecular complexity index is 1300. The minimum absolute atomic E-state index is 0.161. The first-order valence-corrected chi connectivity index (χ1v) is 11.6. The quantitative estimate of drug-likeness (QED) is 0.205. The number of oxazole rings is 1. The van der Waals surface area contributed by atoms with E-state index in [1.807, 2.05) is 13.0 Å². The Morgan fingerprint density at radius 3 is 2.63 bits per heavy atom. The lowest BCUT2D eigenvalue weighted by Gasteiger charge is -2.12. The molecule has 0 saturated heterocycles. The van der Waals surface area contributed by atoms with Gasteiger partial charge in [0.1, 0.15) is 28.6 Å². The first kappa shape index (κ1) is 26.1. The van der Waals surface area contributed by atoms with Gasteiger partial charge in [-0.05, 0) is 49.7 Å². The van der Waals surface area contributed by atoms with E-state index in [0.717, 1.165) is 5.56 Å². The molecule has 0 aliphatic heterocycles. The van der Waals surface area contributed by atoms with E-state index in [2.05, 4.69) is 25.9 Å². The van der Waals surface area contributed by atoms with Crippen LogP contribution in [0.3, 0.4) is 0 Å². The number of carbonyl (C=O) groups is 2. The lowest BCUT2D eigenvalue weighted by Crippen LogP contribution is -2.26. The molecule has 0 aliphatic carbocycles. The Morgan fingerprint density at radius 1 is 1.23 bits per heavy atom. The highest BCUT2D eigenvalue weighted by Crippen LogP contribution is 2.30. The molecule has 0 aliphatic rings. The van der Waals surface area contributed by atoms with Crippen LogP contribution < -0.4 is 20.7 Å². The highest BCUT2D eigenvalue weighted by Gasteiger charge is 2.12. The number of alkyl halides is 2. The van der Waals surface area contributed by atoms with E-state index in [0.29, 0.717) is 34.0 Å². The third kappa shape index (κ3) is 6.97. The van der Waals surface area contributed by atoms with E-state index in [-0.39, 0.29) is 34.8 Å². The minimum Gasteiger partial charge on any atom is -0.462 e. The van der Waals surface area contributed by atoms with Gasteiger partial charge < -0.3 is 25.1 Å². The number of amides is 2. The molecule has 3 aromatic rings. The number of nitrogens with one attached hydrogen (secondary N) is 3. The van der Waals surface area contributed by atoms with Crippen molar-refractivity contribution in [2.24, 2.45) is 4.99 Å². The largest absolute Gasteiger partial charge is 0.462 e. The lowest BCUT2D eigenvalue weighted by atomic mass is 10.1. The maximum atomic E-state index is 11.8. The fourth-order valence-electron chi connectivity index (χ4n) is 3.14. The Morgan fingerprint density at radius 2 is 1.97 bits per heavy atom. The van der Waals surface area contributed by atoms with Crippen LogP contribution in [0, 0.1) is 0 Å². The van der Waals surface area contributed by atoms with Gasteiger partial charge in [0.05, 0.1) is 5.38 Å². The molecular weight excluding hydrogens is 493 g/mol. The van der Waals surface area contributed by atoms with Crippen LogP contribution in [0.25, 0.3) is 11.1 Å². The number of hydrogen-bond acceptors (Lipinski definition) is 7. The summed E-state index contributed by atoms with van der Waals surface area (Å²) in [5, 5.41) is 8.05. The minimum atomic E-state index is -0.330. The van der Waals surface area contributed by atoms with Crippen molar-refractivity contribution >= 4 is 69.2 Å². The number of aromatic nitrogens is 1. The molecule has 184 valence electrons. The predicted molar refractivity (Wildman–Crippen MR) is 139 cm³/mol. The van der Waals surface area contributed by atoms with Gasteiger partial charge in [0.25, 0.3) is 11.9 Å². The molecule has 0 fully saturated rings. The smallest absolute Gasteiger partial charge is 0.300 e. The number of carbonyl (C=O) groups excluding carboxylic acids is 2. The van der Waals surface area contributed by atoms with Gasteiger partial charge in [0, 0.05) is 37.6 Å². The van der Waals surface area contributed by atoms with Crippen molar-refractivity contribution in [3.05, 3.63) is 53.8 Å². The van der Waals surface area contributed by atoms with Crippen molar-refractivity contribution in [1.29, 1.82) is 0 Å². The van der Waals surface area contributed by atoms with Crippen LogP contribution in [0.1, 0.15) is 24.8 Å². The molecule has 3 N–H and O–H groups in total. The molecule has 35 heavy (non-hydrogen) atoms. The Hall–Kier alpha value is -3.56. The number of nitrogens with zero attached hydrogens (tertiary/aromatic N) is 2. The number of aliphatic imine (C=N–C) groups is 1. The Balaban J connectivity index is 1.82. The topological polar surface area (TPSA) is 118 Å². The van der Waals surface area contributed by atoms with Crippen LogP contribution >= 0.6 is 23.2 Å². The third-order valence-electron chi connectivity index (χ3n) is 4.75. The van der Waals surface area contributed by atoms with Gasteiger partial charge in [-0.2, -0.15) is 4.98 Å². The molecule has 1 heterocycles. The molecule has 9 nitrogen and oxygen atoms in total. The molecule has 0 bridgehead atoms. The van der Waals surface area contributed by atoms with Crippen molar-refractivity contribution in [1.82, 2.24) is 10.3 Å². The van der Waals surface area contributed by atoms with Gasteiger partial charge in [-0.3, -0.25) is 14.6 Å². The third-order valence-corrected chi connectivity index (χ3v) is 5.24. The van der Waals surface area contributed by atoms with Crippen LogP contribution in [0.5, 0.6) is 5.75 Å². The van der Waals surface area contributed by atoms with Crippen molar-refractivity contribution in [2.75, 3.05) is 30.6 Å². The summed E-state index contributed by atoms with van der Waals surface area (Å²) in [6.07, 6.45) is 1.55. The number of rotatable bonds is 9. The number of allylic oxidation sites excluding steroid dienone is 1. The van der Waals surface area contributed by atoms with E-state index in [9.17, 15) is 9.59 Å². The number of anilines is 3. The maximum absolute atomic E-state index is 11.8. The summed E-state index contributed by atoms with van der Waals surface area (Å²) in [6, 6.07) is 10.8. The zero-order chi connectivity index (χ0) is 25.5. The molecule has 1 unspecified atom stereocenters. The van der Waals surface area contributed by atoms with Crippen LogP contribution in [-0.4, -0.2) is 42.5 Å². The Labute approximate surface area is 212 Å². The molecule has 1 aromatic heterocycles. The molecule has 1 atom stereocenters. The number of halogens is 2. The van der Waals surface area contributed by atoms with Crippen molar-refractivity contribution in [3.63, 3.8) is 0 Å². The molecule has 3 rings (SSSR count). The summed E-state index contributed by atoms with van der Waals surface area (Å²) in [7, 11) is 3.06. The normalized spacial score (nSPS) is 12.9. The average molecular weight is 518 g/mol. The molecule has 11 heteroatoms. The summed E-state index contributed by atoms with van der Waals surface area (Å²) in [6.45, 7) is 3.55. The fourth-order valence-corrected chi connectivity index (χ4v) is 3.33. The molecule has 0 saturated carbocycles. The Kier molecular flexibility index (Phi) is 8.73. The molecule has 2 aromatic carbocycles. The standard InChI is InChI=1S/C24H25Cl2N5O4/c1-13(7-20(27-3)23(33)28-4)34-18-5-6-21-19(11-18)31-24(35-21)30-17-9-15(14(2)26)8-16(10-17)29-22(32)12-25/h5-11,14H,12H2,1-4H3,(H,28,33)(H,29,32)(H,30,31). The summed E-state index contributed by atoms with van der Waals surface area (Å²) >= 11 is 11.9. The predicted octanol–water partition coefficient (Wildman–Crippen LogP) is 5.15. The highest BCUT2D eigenvalue weighted by atomic mass is 35.5. The zero-order valence-corrected chi connectivity index (χ0v) is 21.1. The fraction of sp³-hybridized carbons (Fsp3) is 0.250. The summed E-state index contributed by atoms with van der Waals surface area (Å²) in [4.78, 5) is 31.9. The number of benzene rings is 2. The second-order valence-electron chi connectivity index (χ2n) is 7.46. The van der Waals surface area contributed by atoms with Gasteiger partial charge in [-0.15, -0.1) is 23.2 Å². The van der Waals surface area contributed by atoms with E-state index in [1.165, 1.54) is 14.1 Å². The van der Waals surface area contributed by atoms with E-state index in [4.69, 9.17) is 32.4 Å².